The third-order valence-corrected chi connectivity index (χ3v) is 3.91. The van der Waals surface area contributed by atoms with Crippen LogP contribution in [-0.2, 0) is 13.0 Å². The molecule has 4 nitrogen and oxygen atoms in total. The molecule has 4 N–H and O–H groups in total. The summed E-state index contributed by atoms with van der Waals surface area (Å²) < 4.78 is 0. The van der Waals surface area contributed by atoms with Gasteiger partial charge in [-0.2, -0.15) is 0 Å². The molecule has 0 saturated heterocycles. The van der Waals surface area contributed by atoms with Gasteiger partial charge in [-0.25, -0.2) is 0 Å². The molecule has 0 aliphatic rings. The van der Waals surface area contributed by atoms with Crippen LogP contribution in [0, 0.1) is 0 Å². The molecule has 0 spiro atoms. The highest BCUT2D eigenvalue weighted by molar-refractivity contribution is 5.36. The Morgan fingerprint density at radius 3 is 2.52 bits per heavy atom. The number of hydrogen-bond donors (Lipinski definition) is 4. The van der Waals surface area contributed by atoms with Crippen molar-refractivity contribution in [1.29, 1.82) is 0 Å². The number of rotatable bonds is 9. The lowest BCUT2D eigenvalue weighted by atomic mass is 10.1. The first-order chi connectivity index (χ1) is 11.2. The summed E-state index contributed by atoms with van der Waals surface area (Å²) in [5.74, 6) is 0.0531. The summed E-state index contributed by atoms with van der Waals surface area (Å²) in [6, 6.07) is 15.2. The normalized spacial score (nSPS) is 12.3. The first-order valence-corrected chi connectivity index (χ1v) is 8.06. The zero-order chi connectivity index (χ0) is 16.5. The number of hydrogen-bond acceptors (Lipinski definition) is 4. The van der Waals surface area contributed by atoms with Crippen molar-refractivity contribution in [3.8, 4) is 5.75 Å². The molecule has 0 heterocycles. The molecule has 0 amide bonds. The van der Waals surface area contributed by atoms with E-state index in [1.807, 2.05) is 6.07 Å². The van der Waals surface area contributed by atoms with E-state index in [1.165, 1.54) is 11.6 Å². The summed E-state index contributed by atoms with van der Waals surface area (Å²) in [6.45, 7) is 1.08. The molecular formula is C19H25NO3. The second-order valence-electron chi connectivity index (χ2n) is 5.71. The van der Waals surface area contributed by atoms with E-state index >= 15 is 0 Å². The minimum Gasteiger partial charge on any atom is -0.508 e. The molecule has 2 aromatic carbocycles. The molecule has 0 bridgehead atoms. The van der Waals surface area contributed by atoms with Crippen LogP contribution in [0.15, 0.2) is 48.5 Å². The van der Waals surface area contributed by atoms with Gasteiger partial charge in [0, 0.05) is 12.1 Å². The molecule has 4 heteroatoms. The highest BCUT2D eigenvalue weighted by Gasteiger charge is 2.09. The van der Waals surface area contributed by atoms with Crippen molar-refractivity contribution in [2.75, 3.05) is 13.1 Å². The number of benzene rings is 2. The first kappa shape index (κ1) is 17.5. The third-order valence-electron chi connectivity index (χ3n) is 3.91. The number of nitrogens with one attached hydrogen (secondary N) is 1. The van der Waals surface area contributed by atoms with Gasteiger partial charge in [-0.05, 0) is 49.1 Å². The molecule has 0 radical (unpaired) electrons. The molecule has 1 atom stereocenters. The monoisotopic (exact) mass is 315 g/mol. The maximum absolute atomic E-state index is 10.1. The van der Waals surface area contributed by atoms with Crippen molar-refractivity contribution in [3.63, 3.8) is 0 Å². The standard InChI is InChI=1S/C19H25NO3/c21-14-17-12-16(9-10-18(17)22)19(23)13-20-11-5-4-8-15-6-2-1-3-7-15/h1-3,6-7,9-10,12,19-23H,4-5,8,11,13-14H2. The molecule has 2 rings (SSSR count). The molecule has 23 heavy (non-hydrogen) atoms. The van der Waals surface area contributed by atoms with Gasteiger partial charge in [0.2, 0.25) is 0 Å². The third kappa shape index (κ3) is 5.67. The van der Waals surface area contributed by atoms with Gasteiger partial charge >= 0.3 is 0 Å². The van der Waals surface area contributed by atoms with Gasteiger partial charge in [0.25, 0.3) is 0 Å². The van der Waals surface area contributed by atoms with Crippen molar-refractivity contribution < 1.29 is 15.3 Å². The Morgan fingerprint density at radius 1 is 1.00 bits per heavy atom. The van der Waals surface area contributed by atoms with E-state index < -0.39 is 6.10 Å². The average molecular weight is 315 g/mol. The van der Waals surface area contributed by atoms with Crippen LogP contribution in [0.25, 0.3) is 0 Å². The number of aliphatic hydroxyl groups excluding tert-OH is 2. The average Bonchev–Trinajstić information content (AvgIpc) is 2.59. The highest BCUT2D eigenvalue weighted by Crippen LogP contribution is 2.22. The number of aliphatic hydroxyl groups is 2. The van der Waals surface area contributed by atoms with Crippen LogP contribution in [0.2, 0.25) is 0 Å². The number of unbranched alkanes of at least 4 members (excludes halogenated alkanes) is 1. The molecule has 0 aromatic heterocycles. The lowest BCUT2D eigenvalue weighted by Gasteiger charge is -2.14. The fourth-order valence-electron chi connectivity index (χ4n) is 2.52. The largest absolute Gasteiger partial charge is 0.508 e. The van der Waals surface area contributed by atoms with Crippen LogP contribution in [0.5, 0.6) is 5.75 Å². The predicted octanol–water partition coefficient (Wildman–Crippen LogP) is 2.53. The van der Waals surface area contributed by atoms with Crippen LogP contribution >= 0.6 is 0 Å². The van der Waals surface area contributed by atoms with Gasteiger partial charge in [0.05, 0.1) is 12.7 Å². The lowest BCUT2D eigenvalue weighted by Crippen LogP contribution is -2.22. The minimum absolute atomic E-state index is 0.0531. The van der Waals surface area contributed by atoms with Gasteiger partial charge in [-0.1, -0.05) is 36.4 Å². The van der Waals surface area contributed by atoms with Crippen LogP contribution in [0.4, 0.5) is 0 Å². The van der Waals surface area contributed by atoms with Crippen LogP contribution in [-0.4, -0.2) is 28.4 Å². The maximum Gasteiger partial charge on any atom is 0.121 e. The summed E-state index contributed by atoms with van der Waals surface area (Å²) in [4.78, 5) is 0. The predicted molar refractivity (Wildman–Crippen MR) is 91.2 cm³/mol. The Balaban J connectivity index is 1.66. The Hall–Kier alpha value is -1.88. The number of aromatic hydroxyl groups is 1. The van der Waals surface area contributed by atoms with Gasteiger partial charge in [-0.15, -0.1) is 0 Å². The molecule has 1 unspecified atom stereocenters. The van der Waals surface area contributed by atoms with Gasteiger partial charge in [0.1, 0.15) is 5.75 Å². The van der Waals surface area contributed by atoms with E-state index in [-0.39, 0.29) is 12.4 Å². The van der Waals surface area contributed by atoms with E-state index in [4.69, 9.17) is 5.11 Å². The Bertz CT molecular complexity index is 586. The Labute approximate surface area is 137 Å². The topological polar surface area (TPSA) is 72.7 Å². The molecule has 124 valence electrons. The molecule has 0 aliphatic carbocycles. The minimum atomic E-state index is -0.643. The van der Waals surface area contributed by atoms with Gasteiger partial charge in [0.15, 0.2) is 0 Å². The summed E-state index contributed by atoms with van der Waals surface area (Å²) in [5.41, 5.74) is 2.49. The van der Waals surface area contributed by atoms with Crippen LogP contribution in [0.3, 0.4) is 0 Å². The molecule has 0 saturated carbocycles. The van der Waals surface area contributed by atoms with Crippen LogP contribution < -0.4 is 5.32 Å². The fraction of sp³-hybridized carbons (Fsp3) is 0.368. The Kier molecular flexibility index (Phi) is 7.07. The summed E-state index contributed by atoms with van der Waals surface area (Å²) in [5, 5.41) is 32.0. The SMILES string of the molecule is OCc1cc(C(O)CNCCCCc2ccccc2)ccc1O. The quantitative estimate of drug-likeness (QED) is 0.537. The van der Waals surface area contributed by atoms with Crippen molar-refractivity contribution in [2.45, 2.75) is 32.0 Å². The fourth-order valence-corrected chi connectivity index (χ4v) is 2.52. The van der Waals surface area contributed by atoms with Crippen molar-refractivity contribution in [1.82, 2.24) is 5.32 Å². The van der Waals surface area contributed by atoms with E-state index in [2.05, 4.69) is 29.6 Å². The highest BCUT2D eigenvalue weighted by atomic mass is 16.3. The van der Waals surface area contributed by atoms with Crippen molar-refractivity contribution >= 4 is 0 Å². The number of phenols is 1. The zero-order valence-corrected chi connectivity index (χ0v) is 13.3. The van der Waals surface area contributed by atoms with Crippen LogP contribution in [0.1, 0.15) is 35.6 Å². The zero-order valence-electron chi connectivity index (χ0n) is 13.3. The van der Waals surface area contributed by atoms with Crippen molar-refractivity contribution in [3.05, 3.63) is 65.2 Å². The van der Waals surface area contributed by atoms with E-state index in [0.717, 1.165) is 25.8 Å². The second kappa shape index (κ2) is 9.30. The molecule has 0 fully saturated rings. The van der Waals surface area contributed by atoms with Crippen molar-refractivity contribution in [2.24, 2.45) is 0 Å². The van der Waals surface area contributed by atoms with E-state index in [9.17, 15) is 10.2 Å². The Morgan fingerprint density at radius 2 is 1.78 bits per heavy atom. The number of aryl methyl sites for hydroxylation is 1. The lowest BCUT2D eigenvalue weighted by molar-refractivity contribution is 0.174. The summed E-state index contributed by atoms with van der Waals surface area (Å²) in [7, 11) is 0. The summed E-state index contributed by atoms with van der Waals surface area (Å²) in [6.07, 6.45) is 2.60. The molecule has 2 aromatic rings. The summed E-state index contributed by atoms with van der Waals surface area (Å²) >= 11 is 0. The van der Waals surface area contributed by atoms with Gasteiger partial charge < -0.3 is 20.6 Å². The molecular weight excluding hydrogens is 290 g/mol. The maximum atomic E-state index is 10.1. The van der Waals surface area contributed by atoms with Gasteiger partial charge in [-0.3, -0.25) is 0 Å². The van der Waals surface area contributed by atoms with E-state index in [1.54, 1.807) is 12.1 Å². The second-order valence-corrected chi connectivity index (χ2v) is 5.71. The van der Waals surface area contributed by atoms with E-state index in [0.29, 0.717) is 17.7 Å². The first-order valence-electron chi connectivity index (χ1n) is 8.06. The smallest absolute Gasteiger partial charge is 0.121 e. The molecule has 0 aliphatic heterocycles.